The van der Waals surface area contributed by atoms with E-state index in [0.717, 1.165) is 0 Å². The normalized spacial score (nSPS) is 25.8. The summed E-state index contributed by atoms with van der Waals surface area (Å²) in [5, 5.41) is 4.77. The molecule has 5 heteroatoms. The molecule has 1 saturated heterocycles. The fourth-order valence-electron chi connectivity index (χ4n) is 0.699. The van der Waals surface area contributed by atoms with Crippen molar-refractivity contribution in [3.05, 3.63) is 0 Å². The molecule has 2 N–H and O–H groups in total. The van der Waals surface area contributed by atoms with Crippen molar-refractivity contribution in [2.45, 2.75) is 4.05 Å². The Labute approximate surface area is 66.1 Å². The Balaban J connectivity index is 2.63. The number of rotatable bonds is 1. The molecule has 1 rings (SSSR count). The van der Waals surface area contributed by atoms with Crippen LogP contribution in [0.3, 0.4) is 0 Å². The second-order valence-corrected chi connectivity index (χ2v) is 8.03. The van der Waals surface area contributed by atoms with Gasteiger partial charge in [-0.05, 0) is 0 Å². The van der Waals surface area contributed by atoms with Crippen LogP contribution in [0.4, 0.5) is 4.79 Å². The Hall–Kier alpha value is -0.330. The van der Waals surface area contributed by atoms with Crippen LogP contribution in [0.25, 0.3) is 0 Å². The Morgan fingerprint density at radius 3 is 2.20 bits per heavy atom. The summed E-state index contributed by atoms with van der Waals surface area (Å²) in [6, 6.07) is -0.346. The average molecular weight is 256 g/mol. The van der Waals surface area contributed by atoms with Gasteiger partial charge >= 0.3 is 65.9 Å². The molecular weight excluding hydrogens is 247 g/mol. The van der Waals surface area contributed by atoms with Crippen molar-refractivity contribution >= 4 is 31.8 Å². The number of hydrogen-bond acceptors (Lipinski definition) is 2. The van der Waals surface area contributed by atoms with E-state index in [1.54, 1.807) is 0 Å². The number of halogens is 1. The number of carbonyl (C=O) groups is 2. The molecular formula is C5H9IN2O2. The molecule has 1 fully saturated rings. The van der Waals surface area contributed by atoms with Crippen molar-refractivity contribution in [3.8, 4) is 0 Å². The molecule has 3 amide bonds. The van der Waals surface area contributed by atoms with Crippen molar-refractivity contribution in [2.75, 3.05) is 9.86 Å². The third-order valence-electron chi connectivity index (χ3n) is 1.16. The number of carbonyl (C=O) groups excluding carboxylic acids is 2. The van der Waals surface area contributed by atoms with Crippen molar-refractivity contribution in [1.82, 2.24) is 10.6 Å². The molecule has 0 radical (unpaired) electrons. The maximum absolute atomic E-state index is 10.9. The Kier molecular flexibility index (Phi) is 2.12. The number of alkyl halides is 3. The first kappa shape index (κ1) is 7.77. The minimum atomic E-state index is -1.22. The second kappa shape index (κ2) is 2.73. The van der Waals surface area contributed by atoms with Crippen LogP contribution < -0.4 is 10.6 Å². The van der Waals surface area contributed by atoms with Gasteiger partial charge in [-0.15, -0.1) is 0 Å². The summed E-state index contributed by atoms with van der Waals surface area (Å²) in [6.07, 6.45) is 0. The summed E-state index contributed by atoms with van der Waals surface area (Å²) >= 11 is -1.22. The van der Waals surface area contributed by atoms with E-state index in [9.17, 15) is 9.59 Å². The number of urea groups is 1. The Bertz CT molecular complexity index is 180. The third kappa shape index (κ3) is 1.39. The van der Waals surface area contributed by atoms with Gasteiger partial charge in [0.25, 0.3) is 0 Å². The number of amides is 3. The molecule has 1 unspecified atom stereocenters. The van der Waals surface area contributed by atoms with Crippen LogP contribution >= 0.6 is 19.8 Å². The third-order valence-corrected chi connectivity index (χ3v) is 4.53. The Morgan fingerprint density at radius 1 is 1.40 bits per heavy atom. The molecule has 0 spiro atoms. The summed E-state index contributed by atoms with van der Waals surface area (Å²) in [7, 11) is 0. The summed E-state index contributed by atoms with van der Waals surface area (Å²) < 4.78 is -0.184. The SMILES string of the molecule is CI(C)C1NC(=O)NC1=O. The summed E-state index contributed by atoms with van der Waals surface area (Å²) in [5.74, 6) is -0.153. The molecule has 0 aromatic carbocycles. The van der Waals surface area contributed by atoms with E-state index in [2.05, 4.69) is 10.6 Å². The van der Waals surface area contributed by atoms with Crippen LogP contribution in [0.5, 0.6) is 0 Å². The van der Waals surface area contributed by atoms with Crippen molar-refractivity contribution < 1.29 is 9.59 Å². The van der Waals surface area contributed by atoms with Crippen molar-refractivity contribution in [1.29, 1.82) is 0 Å². The molecule has 0 bridgehead atoms. The molecule has 0 aromatic heterocycles. The van der Waals surface area contributed by atoms with Crippen LogP contribution in [-0.2, 0) is 4.79 Å². The summed E-state index contributed by atoms with van der Waals surface area (Å²) in [5.41, 5.74) is 0. The molecule has 10 heavy (non-hydrogen) atoms. The molecule has 1 heterocycles. The van der Waals surface area contributed by atoms with Gasteiger partial charge in [0.15, 0.2) is 0 Å². The van der Waals surface area contributed by atoms with Crippen LogP contribution in [0.1, 0.15) is 0 Å². The molecule has 58 valence electrons. The first-order valence-corrected chi connectivity index (χ1v) is 8.27. The molecule has 4 nitrogen and oxygen atoms in total. The number of nitrogens with one attached hydrogen (secondary N) is 2. The van der Waals surface area contributed by atoms with E-state index in [4.69, 9.17) is 0 Å². The zero-order chi connectivity index (χ0) is 7.72. The van der Waals surface area contributed by atoms with Gasteiger partial charge in [-0.25, -0.2) is 0 Å². The van der Waals surface area contributed by atoms with Gasteiger partial charge in [0, 0.05) is 0 Å². The minimum absolute atomic E-state index is 0.153. The van der Waals surface area contributed by atoms with Gasteiger partial charge < -0.3 is 0 Å². The quantitative estimate of drug-likeness (QED) is 0.298. The van der Waals surface area contributed by atoms with Gasteiger partial charge in [-0.2, -0.15) is 0 Å². The molecule has 1 aliphatic rings. The molecule has 0 aliphatic carbocycles. The van der Waals surface area contributed by atoms with Crippen molar-refractivity contribution in [2.24, 2.45) is 0 Å². The van der Waals surface area contributed by atoms with Crippen LogP contribution in [0.2, 0.25) is 0 Å². The predicted octanol–water partition coefficient (Wildman–Crippen LogP) is -0.0821. The topological polar surface area (TPSA) is 58.2 Å². The van der Waals surface area contributed by atoms with E-state index in [-0.39, 0.29) is 16.0 Å². The fourth-order valence-corrected chi connectivity index (χ4v) is 2.89. The molecule has 1 aliphatic heterocycles. The summed E-state index contributed by atoms with van der Waals surface area (Å²) in [6.45, 7) is 0. The standard InChI is InChI=1S/C5H9IN2O2/c1-6(2)3-4(9)8-5(10)7-3/h3H,1-2H3,(H2,7,8,9,10). The van der Waals surface area contributed by atoms with E-state index in [1.165, 1.54) is 0 Å². The first-order valence-electron chi connectivity index (χ1n) is 2.71. The molecule has 0 aromatic rings. The fraction of sp³-hybridized carbons (Fsp3) is 0.600. The van der Waals surface area contributed by atoms with Gasteiger partial charge in [-0.1, -0.05) is 0 Å². The second-order valence-electron chi connectivity index (χ2n) is 2.14. The molecule has 0 saturated carbocycles. The first-order chi connectivity index (χ1) is 4.61. The average Bonchev–Trinajstić information content (AvgIpc) is 2.10. The van der Waals surface area contributed by atoms with Gasteiger partial charge in [0.2, 0.25) is 0 Å². The maximum atomic E-state index is 10.9. The molecule has 1 atom stereocenters. The van der Waals surface area contributed by atoms with E-state index in [1.807, 2.05) is 9.86 Å². The van der Waals surface area contributed by atoms with Gasteiger partial charge in [-0.3, -0.25) is 0 Å². The van der Waals surface area contributed by atoms with Crippen LogP contribution in [-0.4, -0.2) is 25.8 Å². The zero-order valence-electron chi connectivity index (χ0n) is 5.77. The number of hydrogen-bond donors (Lipinski definition) is 2. The van der Waals surface area contributed by atoms with E-state index in [0.29, 0.717) is 0 Å². The van der Waals surface area contributed by atoms with E-state index < -0.39 is 19.8 Å². The Morgan fingerprint density at radius 2 is 2.00 bits per heavy atom. The zero-order valence-corrected chi connectivity index (χ0v) is 7.93. The number of imide groups is 1. The van der Waals surface area contributed by atoms with E-state index >= 15 is 0 Å². The van der Waals surface area contributed by atoms with Gasteiger partial charge in [0.1, 0.15) is 0 Å². The summed E-state index contributed by atoms with van der Waals surface area (Å²) in [4.78, 5) is 25.5. The predicted molar refractivity (Wildman–Crippen MR) is 46.3 cm³/mol. The van der Waals surface area contributed by atoms with Gasteiger partial charge in [0.05, 0.1) is 0 Å². The van der Waals surface area contributed by atoms with Crippen molar-refractivity contribution in [3.63, 3.8) is 0 Å². The van der Waals surface area contributed by atoms with Crippen LogP contribution in [0.15, 0.2) is 0 Å². The van der Waals surface area contributed by atoms with Crippen LogP contribution in [0, 0.1) is 0 Å². The monoisotopic (exact) mass is 256 g/mol.